The van der Waals surface area contributed by atoms with Gasteiger partial charge < -0.3 is 5.11 Å². The molecule has 0 aromatic carbocycles. The molecule has 0 aromatic rings. The summed E-state index contributed by atoms with van der Waals surface area (Å²) in [6.07, 6.45) is 3.25. The normalized spacial score (nSPS) is 52.4. The largest absolute Gasteiger partial charge is 0.392 e. The molecule has 0 saturated heterocycles. The van der Waals surface area contributed by atoms with Crippen LogP contribution >= 0.6 is 0 Å². The standard InChI is InChI=1S/C9H14O/c1-6-5-7-3-4-8(10)9(6,7)2/h7-8,10H,1,3-5H2,2H3. The van der Waals surface area contributed by atoms with Gasteiger partial charge in [0.15, 0.2) is 0 Å². The van der Waals surface area contributed by atoms with Crippen molar-refractivity contribution in [1.29, 1.82) is 0 Å². The van der Waals surface area contributed by atoms with Crippen LogP contribution in [-0.2, 0) is 0 Å². The summed E-state index contributed by atoms with van der Waals surface area (Å²) in [7, 11) is 0. The predicted molar refractivity (Wildman–Crippen MR) is 40.6 cm³/mol. The molecule has 0 radical (unpaired) electrons. The van der Waals surface area contributed by atoms with Crippen molar-refractivity contribution in [3.05, 3.63) is 12.2 Å². The van der Waals surface area contributed by atoms with Crippen LogP contribution in [0.3, 0.4) is 0 Å². The highest BCUT2D eigenvalue weighted by molar-refractivity contribution is 5.27. The van der Waals surface area contributed by atoms with E-state index in [-0.39, 0.29) is 11.5 Å². The second-order valence-electron chi connectivity index (χ2n) is 3.88. The maximum Gasteiger partial charge on any atom is 0.0633 e. The fraction of sp³-hybridized carbons (Fsp3) is 0.778. The molecule has 0 heterocycles. The quantitative estimate of drug-likeness (QED) is 0.505. The molecule has 0 amide bonds. The minimum absolute atomic E-state index is 0.0984. The van der Waals surface area contributed by atoms with Crippen LogP contribution in [-0.4, -0.2) is 11.2 Å². The third-order valence-corrected chi connectivity index (χ3v) is 3.58. The summed E-state index contributed by atoms with van der Waals surface area (Å²) < 4.78 is 0. The maximum atomic E-state index is 9.59. The van der Waals surface area contributed by atoms with Crippen molar-refractivity contribution in [2.24, 2.45) is 11.3 Å². The van der Waals surface area contributed by atoms with E-state index < -0.39 is 0 Å². The Bertz CT molecular complexity index is 177. The molecule has 2 aliphatic carbocycles. The lowest BCUT2D eigenvalue weighted by Gasteiger charge is -2.46. The highest BCUT2D eigenvalue weighted by Crippen LogP contribution is 2.59. The molecule has 2 rings (SSSR count). The molecular formula is C9H14O. The predicted octanol–water partition coefficient (Wildman–Crippen LogP) is 1.72. The molecule has 56 valence electrons. The fourth-order valence-electron chi connectivity index (χ4n) is 2.46. The SMILES string of the molecule is C=C1CC2CCC(O)C12C. The van der Waals surface area contributed by atoms with E-state index in [1.54, 1.807) is 0 Å². The number of aliphatic hydroxyl groups is 1. The third kappa shape index (κ3) is 0.485. The average Bonchev–Trinajstić information content (AvgIpc) is 2.13. The van der Waals surface area contributed by atoms with Gasteiger partial charge in [0, 0.05) is 5.41 Å². The third-order valence-electron chi connectivity index (χ3n) is 3.58. The van der Waals surface area contributed by atoms with Crippen molar-refractivity contribution in [1.82, 2.24) is 0 Å². The van der Waals surface area contributed by atoms with Gasteiger partial charge in [-0.3, -0.25) is 0 Å². The summed E-state index contributed by atoms with van der Waals surface area (Å²) in [4.78, 5) is 0. The number of hydrogen-bond acceptors (Lipinski definition) is 1. The van der Waals surface area contributed by atoms with E-state index in [0.29, 0.717) is 0 Å². The summed E-state index contributed by atoms with van der Waals surface area (Å²) in [6.45, 7) is 6.12. The summed E-state index contributed by atoms with van der Waals surface area (Å²) in [5.41, 5.74) is 1.38. The Kier molecular flexibility index (Phi) is 1.06. The van der Waals surface area contributed by atoms with Crippen molar-refractivity contribution in [3.63, 3.8) is 0 Å². The molecule has 2 fully saturated rings. The molecule has 3 atom stereocenters. The van der Waals surface area contributed by atoms with E-state index >= 15 is 0 Å². The molecule has 10 heavy (non-hydrogen) atoms. The van der Waals surface area contributed by atoms with Crippen LogP contribution in [0.2, 0.25) is 0 Å². The molecule has 0 aliphatic heterocycles. The van der Waals surface area contributed by atoms with Gasteiger partial charge in [0.2, 0.25) is 0 Å². The number of hydrogen-bond donors (Lipinski definition) is 1. The zero-order chi connectivity index (χ0) is 7.35. The molecule has 3 unspecified atom stereocenters. The zero-order valence-electron chi connectivity index (χ0n) is 6.43. The van der Waals surface area contributed by atoms with Gasteiger partial charge in [0.25, 0.3) is 0 Å². The Morgan fingerprint density at radius 2 is 2.30 bits per heavy atom. The van der Waals surface area contributed by atoms with Gasteiger partial charge in [-0.25, -0.2) is 0 Å². The highest BCUT2D eigenvalue weighted by atomic mass is 16.3. The minimum atomic E-state index is -0.0984. The van der Waals surface area contributed by atoms with Crippen molar-refractivity contribution >= 4 is 0 Å². The van der Waals surface area contributed by atoms with Crippen LogP contribution in [0.4, 0.5) is 0 Å². The van der Waals surface area contributed by atoms with Crippen LogP contribution in [0.25, 0.3) is 0 Å². The zero-order valence-corrected chi connectivity index (χ0v) is 6.43. The minimum Gasteiger partial charge on any atom is -0.392 e. The van der Waals surface area contributed by atoms with Crippen LogP contribution in [0, 0.1) is 11.3 Å². The summed E-state index contributed by atoms with van der Waals surface area (Å²) in [5.74, 6) is 0.745. The Balaban J connectivity index is 2.29. The molecular weight excluding hydrogens is 124 g/mol. The fourth-order valence-corrected chi connectivity index (χ4v) is 2.46. The Morgan fingerprint density at radius 3 is 2.70 bits per heavy atom. The van der Waals surface area contributed by atoms with Gasteiger partial charge in [-0.1, -0.05) is 19.1 Å². The van der Waals surface area contributed by atoms with E-state index in [0.717, 1.165) is 18.8 Å². The molecule has 2 aliphatic rings. The van der Waals surface area contributed by atoms with Crippen LogP contribution in [0.1, 0.15) is 26.2 Å². The summed E-state index contributed by atoms with van der Waals surface area (Å²) >= 11 is 0. The van der Waals surface area contributed by atoms with Gasteiger partial charge in [0.1, 0.15) is 0 Å². The molecule has 0 spiro atoms. The van der Waals surface area contributed by atoms with E-state index in [1.807, 2.05) is 0 Å². The van der Waals surface area contributed by atoms with Crippen LogP contribution in [0.5, 0.6) is 0 Å². The monoisotopic (exact) mass is 138 g/mol. The average molecular weight is 138 g/mol. The smallest absolute Gasteiger partial charge is 0.0633 e. The molecule has 1 N–H and O–H groups in total. The van der Waals surface area contributed by atoms with E-state index in [2.05, 4.69) is 13.5 Å². The first-order valence-electron chi connectivity index (χ1n) is 4.02. The first kappa shape index (κ1) is 6.41. The molecule has 0 bridgehead atoms. The van der Waals surface area contributed by atoms with E-state index in [9.17, 15) is 5.11 Å². The molecule has 2 saturated carbocycles. The first-order valence-corrected chi connectivity index (χ1v) is 4.02. The molecule has 1 heteroatoms. The lowest BCUT2D eigenvalue weighted by atomic mass is 9.59. The second-order valence-corrected chi connectivity index (χ2v) is 3.88. The second kappa shape index (κ2) is 1.65. The summed E-state index contributed by atoms with van der Waals surface area (Å²) in [6, 6.07) is 0. The molecule has 1 nitrogen and oxygen atoms in total. The van der Waals surface area contributed by atoms with Crippen LogP contribution < -0.4 is 0 Å². The number of fused-ring (bicyclic) bond motifs is 1. The number of rotatable bonds is 0. The van der Waals surface area contributed by atoms with Gasteiger partial charge in [-0.2, -0.15) is 0 Å². The van der Waals surface area contributed by atoms with Gasteiger partial charge in [0.05, 0.1) is 6.10 Å². The lowest BCUT2D eigenvalue weighted by molar-refractivity contribution is 0.0311. The van der Waals surface area contributed by atoms with Gasteiger partial charge >= 0.3 is 0 Å². The summed E-state index contributed by atoms with van der Waals surface area (Å²) in [5, 5.41) is 9.59. The van der Waals surface area contributed by atoms with Crippen molar-refractivity contribution in [2.75, 3.05) is 0 Å². The van der Waals surface area contributed by atoms with E-state index in [4.69, 9.17) is 0 Å². The maximum absolute atomic E-state index is 9.59. The van der Waals surface area contributed by atoms with Crippen LogP contribution in [0.15, 0.2) is 12.2 Å². The highest BCUT2D eigenvalue weighted by Gasteiger charge is 2.54. The Labute approximate surface area is 61.8 Å². The first-order chi connectivity index (χ1) is 4.65. The lowest BCUT2D eigenvalue weighted by Crippen LogP contribution is -2.42. The van der Waals surface area contributed by atoms with Crippen molar-refractivity contribution in [3.8, 4) is 0 Å². The van der Waals surface area contributed by atoms with Gasteiger partial charge in [-0.15, -0.1) is 0 Å². The topological polar surface area (TPSA) is 20.2 Å². The molecule has 0 aromatic heterocycles. The number of aliphatic hydroxyl groups excluding tert-OH is 1. The Hall–Kier alpha value is -0.300. The Morgan fingerprint density at radius 1 is 1.60 bits per heavy atom. The van der Waals surface area contributed by atoms with E-state index in [1.165, 1.54) is 12.0 Å². The van der Waals surface area contributed by atoms with Gasteiger partial charge in [-0.05, 0) is 25.2 Å². The van der Waals surface area contributed by atoms with Crippen molar-refractivity contribution in [2.45, 2.75) is 32.3 Å². The van der Waals surface area contributed by atoms with Crippen molar-refractivity contribution < 1.29 is 5.11 Å².